The number of para-hydroxylation sites is 1. The van der Waals surface area contributed by atoms with Crippen LogP contribution in [0, 0.1) is 0 Å². The SMILES string of the molecule is CCOc1ccccc1CNCCOC(C)C. The van der Waals surface area contributed by atoms with Gasteiger partial charge in [-0.2, -0.15) is 0 Å². The van der Waals surface area contributed by atoms with Gasteiger partial charge >= 0.3 is 0 Å². The fourth-order valence-corrected chi connectivity index (χ4v) is 1.54. The zero-order valence-electron chi connectivity index (χ0n) is 11.0. The van der Waals surface area contributed by atoms with Gasteiger partial charge in [-0.25, -0.2) is 0 Å². The second-order valence-electron chi connectivity index (χ2n) is 4.14. The van der Waals surface area contributed by atoms with E-state index in [2.05, 4.69) is 11.4 Å². The predicted molar refractivity (Wildman–Crippen MR) is 70.4 cm³/mol. The molecule has 1 N–H and O–H groups in total. The van der Waals surface area contributed by atoms with Crippen LogP contribution in [0.5, 0.6) is 5.75 Å². The molecule has 1 aromatic rings. The molecule has 3 nitrogen and oxygen atoms in total. The van der Waals surface area contributed by atoms with Crippen molar-refractivity contribution in [2.75, 3.05) is 19.8 Å². The van der Waals surface area contributed by atoms with Crippen molar-refractivity contribution >= 4 is 0 Å². The van der Waals surface area contributed by atoms with E-state index in [1.54, 1.807) is 0 Å². The standard InChI is InChI=1S/C14H23NO2/c1-4-16-14-8-6-5-7-13(14)11-15-9-10-17-12(2)3/h5-8,12,15H,4,9-11H2,1-3H3. The summed E-state index contributed by atoms with van der Waals surface area (Å²) >= 11 is 0. The Morgan fingerprint density at radius 1 is 1.24 bits per heavy atom. The lowest BCUT2D eigenvalue weighted by Gasteiger charge is -2.11. The van der Waals surface area contributed by atoms with Gasteiger partial charge in [0.15, 0.2) is 0 Å². The summed E-state index contributed by atoms with van der Waals surface area (Å²) in [6.07, 6.45) is 0.299. The Bertz CT molecular complexity index is 313. The Morgan fingerprint density at radius 3 is 2.71 bits per heavy atom. The van der Waals surface area contributed by atoms with Gasteiger partial charge in [-0.1, -0.05) is 18.2 Å². The first-order valence-corrected chi connectivity index (χ1v) is 6.27. The minimum Gasteiger partial charge on any atom is -0.494 e. The van der Waals surface area contributed by atoms with Crippen LogP contribution in [-0.4, -0.2) is 25.9 Å². The molecule has 0 fully saturated rings. The molecule has 0 aliphatic rings. The molecule has 3 heteroatoms. The molecule has 0 unspecified atom stereocenters. The maximum atomic E-state index is 5.56. The molecule has 0 atom stereocenters. The smallest absolute Gasteiger partial charge is 0.123 e. The van der Waals surface area contributed by atoms with Crippen LogP contribution in [0.2, 0.25) is 0 Å². The highest BCUT2D eigenvalue weighted by atomic mass is 16.5. The fourth-order valence-electron chi connectivity index (χ4n) is 1.54. The Labute approximate surface area is 104 Å². The monoisotopic (exact) mass is 237 g/mol. The van der Waals surface area contributed by atoms with Crippen LogP contribution in [0.25, 0.3) is 0 Å². The highest BCUT2D eigenvalue weighted by molar-refractivity contribution is 5.33. The molecule has 0 spiro atoms. The van der Waals surface area contributed by atoms with E-state index in [9.17, 15) is 0 Å². The summed E-state index contributed by atoms with van der Waals surface area (Å²) in [5.41, 5.74) is 1.19. The highest BCUT2D eigenvalue weighted by Gasteiger charge is 2.01. The molecule has 0 aromatic heterocycles. The van der Waals surface area contributed by atoms with Gasteiger partial charge in [0.2, 0.25) is 0 Å². The second kappa shape index (κ2) is 8.09. The minimum atomic E-state index is 0.299. The van der Waals surface area contributed by atoms with E-state index >= 15 is 0 Å². The van der Waals surface area contributed by atoms with Crippen molar-refractivity contribution in [2.24, 2.45) is 0 Å². The topological polar surface area (TPSA) is 30.5 Å². The van der Waals surface area contributed by atoms with Crippen LogP contribution in [0.3, 0.4) is 0 Å². The first kappa shape index (κ1) is 14.0. The summed E-state index contributed by atoms with van der Waals surface area (Å²) in [6.45, 7) is 9.22. The second-order valence-corrected chi connectivity index (χ2v) is 4.14. The van der Waals surface area contributed by atoms with Gasteiger partial charge in [0.1, 0.15) is 5.75 Å². The molecule has 0 radical (unpaired) electrons. The third-order valence-corrected chi connectivity index (χ3v) is 2.32. The Morgan fingerprint density at radius 2 is 2.00 bits per heavy atom. The fraction of sp³-hybridized carbons (Fsp3) is 0.571. The van der Waals surface area contributed by atoms with Crippen LogP contribution < -0.4 is 10.1 Å². The largest absolute Gasteiger partial charge is 0.494 e. The van der Waals surface area contributed by atoms with Crippen molar-refractivity contribution in [3.8, 4) is 5.75 Å². The van der Waals surface area contributed by atoms with Crippen LogP contribution >= 0.6 is 0 Å². The van der Waals surface area contributed by atoms with E-state index in [1.165, 1.54) is 5.56 Å². The zero-order valence-corrected chi connectivity index (χ0v) is 11.0. The maximum Gasteiger partial charge on any atom is 0.123 e. The van der Waals surface area contributed by atoms with Gasteiger partial charge in [-0.15, -0.1) is 0 Å². The van der Waals surface area contributed by atoms with E-state index in [0.29, 0.717) is 12.7 Å². The molecule has 0 saturated carbocycles. The average Bonchev–Trinajstić information content (AvgIpc) is 2.31. The molecule has 17 heavy (non-hydrogen) atoms. The number of hydrogen-bond donors (Lipinski definition) is 1. The molecule has 0 heterocycles. The summed E-state index contributed by atoms with van der Waals surface area (Å²) in [4.78, 5) is 0. The molecule has 0 aliphatic heterocycles. The third-order valence-electron chi connectivity index (χ3n) is 2.32. The van der Waals surface area contributed by atoms with Crippen molar-refractivity contribution in [1.82, 2.24) is 5.32 Å². The summed E-state index contributed by atoms with van der Waals surface area (Å²) < 4.78 is 11.0. The van der Waals surface area contributed by atoms with Crippen molar-refractivity contribution in [2.45, 2.75) is 33.4 Å². The molecule has 0 saturated heterocycles. The Kier molecular flexibility index (Phi) is 6.67. The van der Waals surface area contributed by atoms with Crippen molar-refractivity contribution in [3.05, 3.63) is 29.8 Å². The Balaban J connectivity index is 2.30. The van der Waals surface area contributed by atoms with Gasteiger partial charge < -0.3 is 14.8 Å². The predicted octanol–water partition coefficient (Wildman–Crippen LogP) is 2.60. The van der Waals surface area contributed by atoms with Crippen LogP contribution in [-0.2, 0) is 11.3 Å². The highest BCUT2D eigenvalue weighted by Crippen LogP contribution is 2.17. The summed E-state index contributed by atoms with van der Waals surface area (Å²) in [5, 5.41) is 3.35. The molecular formula is C14H23NO2. The van der Waals surface area contributed by atoms with Crippen LogP contribution in [0.15, 0.2) is 24.3 Å². The van der Waals surface area contributed by atoms with Crippen LogP contribution in [0.1, 0.15) is 26.3 Å². The van der Waals surface area contributed by atoms with Crippen molar-refractivity contribution < 1.29 is 9.47 Å². The number of nitrogens with one attached hydrogen (secondary N) is 1. The molecule has 0 amide bonds. The van der Waals surface area contributed by atoms with E-state index in [0.717, 1.165) is 25.4 Å². The summed E-state index contributed by atoms with van der Waals surface area (Å²) in [5.74, 6) is 0.965. The molecule has 0 bridgehead atoms. The summed E-state index contributed by atoms with van der Waals surface area (Å²) in [6, 6.07) is 8.12. The van der Waals surface area contributed by atoms with Gasteiger partial charge in [-0.3, -0.25) is 0 Å². The van der Waals surface area contributed by atoms with E-state index in [4.69, 9.17) is 9.47 Å². The van der Waals surface area contributed by atoms with Crippen molar-refractivity contribution in [1.29, 1.82) is 0 Å². The maximum absolute atomic E-state index is 5.56. The molecule has 1 rings (SSSR count). The Hall–Kier alpha value is -1.06. The normalized spacial score (nSPS) is 10.8. The average molecular weight is 237 g/mol. The molecule has 96 valence electrons. The lowest BCUT2D eigenvalue weighted by atomic mass is 10.2. The minimum absolute atomic E-state index is 0.299. The van der Waals surface area contributed by atoms with E-state index in [-0.39, 0.29) is 0 Å². The lowest BCUT2D eigenvalue weighted by Crippen LogP contribution is -2.21. The van der Waals surface area contributed by atoms with Gasteiger partial charge in [-0.05, 0) is 26.8 Å². The molecule has 1 aromatic carbocycles. The number of benzene rings is 1. The number of ether oxygens (including phenoxy) is 2. The zero-order chi connectivity index (χ0) is 12.5. The summed E-state index contributed by atoms with van der Waals surface area (Å²) in [7, 11) is 0. The first-order chi connectivity index (χ1) is 8.24. The van der Waals surface area contributed by atoms with Crippen molar-refractivity contribution in [3.63, 3.8) is 0 Å². The van der Waals surface area contributed by atoms with Gasteiger partial charge in [0.25, 0.3) is 0 Å². The molecule has 0 aliphatic carbocycles. The first-order valence-electron chi connectivity index (χ1n) is 6.27. The number of hydrogen-bond acceptors (Lipinski definition) is 3. The lowest BCUT2D eigenvalue weighted by molar-refractivity contribution is 0.0806. The van der Waals surface area contributed by atoms with Gasteiger partial charge in [0, 0.05) is 18.7 Å². The quantitative estimate of drug-likeness (QED) is 0.705. The third kappa shape index (κ3) is 5.71. The van der Waals surface area contributed by atoms with E-state index in [1.807, 2.05) is 39.0 Å². The number of rotatable bonds is 8. The van der Waals surface area contributed by atoms with Crippen LogP contribution in [0.4, 0.5) is 0 Å². The van der Waals surface area contributed by atoms with E-state index < -0.39 is 0 Å². The van der Waals surface area contributed by atoms with Gasteiger partial charge in [0.05, 0.1) is 19.3 Å². The molecular weight excluding hydrogens is 214 g/mol.